The predicted molar refractivity (Wildman–Crippen MR) is 75.4 cm³/mol. The monoisotopic (exact) mass is 334 g/mol. The van der Waals surface area contributed by atoms with Crippen LogP contribution in [0.2, 0.25) is 0 Å². The van der Waals surface area contributed by atoms with Gasteiger partial charge in [0.1, 0.15) is 23.1 Å². The third-order valence-corrected chi connectivity index (χ3v) is 2.97. The molecule has 0 atom stereocenters. The van der Waals surface area contributed by atoms with Gasteiger partial charge in [0.2, 0.25) is 5.95 Å². The second kappa shape index (κ2) is 5.10. The molecule has 0 unspecified atom stereocenters. The van der Waals surface area contributed by atoms with E-state index >= 15 is 0 Å². The van der Waals surface area contributed by atoms with Crippen LogP contribution in [0.4, 0.5) is 17.5 Å². The number of nitrogens with two attached hydrogens (primary N) is 2. The summed E-state index contributed by atoms with van der Waals surface area (Å²) in [5, 5.41) is 20.2. The fourth-order valence-electron chi connectivity index (χ4n) is 1.66. The van der Waals surface area contributed by atoms with Gasteiger partial charge in [-0.3, -0.25) is 10.1 Å². The highest BCUT2D eigenvalue weighted by atomic mass is 79.9. The van der Waals surface area contributed by atoms with Crippen LogP contribution < -0.4 is 11.5 Å². The summed E-state index contributed by atoms with van der Waals surface area (Å²) in [4.78, 5) is 18.1. The summed E-state index contributed by atoms with van der Waals surface area (Å²) in [7, 11) is 0. The number of hydrogen-bond donors (Lipinski definition) is 2. The second-order valence-electron chi connectivity index (χ2n) is 3.72. The van der Waals surface area contributed by atoms with Gasteiger partial charge < -0.3 is 11.5 Å². The number of aromatic nitrogens is 2. The summed E-state index contributed by atoms with van der Waals surface area (Å²) in [6, 6.07) is 6.20. The van der Waals surface area contributed by atoms with E-state index in [0.717, 1.165) is 0 Å². The van der Waals surface area contributed by atoms with E-state index in [1.807, 2.05) is 6.07 Å². The molecule has 0 aliphatic heterocycles. The van der Waals surface area contributed by atoms with Gasteiger partial charge in [-0.05, 0) is 12.1 Å². The average molecular weight is 335 g/mol. The molecule has 100 valence electrons. The molecular formula is C11H7BrN6O2. The van der Waals surface area contributed by atoms with Gasteiger partial charge in [0.25, 0.3) is 5.69 Å². The van der Waals surface area contributed by atoms with Crippen molar-refractivity contribution in [2.24, 2.45) is 0 Å². The van der Waals surface area contributed by atoms with Crippen molar-refractivity contribution in [1.29, 1.82) is 5.26 Å². The average Bonchev–Trinajstić information content (AvgIpc) is 2.37. The van der Waals surface area contributed by atoms with Gasteiger partial charge in [-0.1, -0.05) is 15.9 Å². The lowest BCUT2D eigenvalue weighted by Gasteiger charge is -2.07. The van der Waals surface area contributed by atoms with Crippen LogP contribution in [0, 0.1) is 21.4 Å². The number of nitrogen functional groups attached to an aromatic ring is 2. The van der Waals surface area contributed by atoms with Crippen LogP contribution in [0.1, 0.15) is 5.56 Å². The van der Waals surface area contributed by atoms with E-state index < -0.39 is 4.92 Å². The molecule has 1 heterocycles. The molecule has 9 heteroatoms. The molecule has 20 heavy (non-hydrogen) atoms. The Morgan fingerprint density at radius 2 is 2.05 bits per heavy atom. The number of hydrogen-bond acceptors (Lipinski definition) is 7. The maximum Gasteiger partial charge on any atom is 0.279 e. The topological polar surface area (TPSA) is 145 Å². The van der Waals surface area contributed by atoms with Gasteiger partial charge >= 0.3 is 0 Å². The van der Waals surface area contributed by atoms with E-state index in [2.05, 4.69) is 25.9 Å². The molecule has 2 aromatic rings. The normalized spacial score (nSPS) is 10.0. The lowest BCUT2D eigenvalue weighted by Crippen LogP contribution is -2.06. The van der Waals surface area contributed by atoms with Crippen LogP contribution >= 0.6 is 15.9 Å². The Kier molecular flexibility index (Phi) is 3.49. The summed E-state index contributed by atoms with van der Waals surface area (Å²) in [6.45, 7) is 0. The van der Waals surface area contributed by atoms with Crippen molar-refractivity contribution in [3.05, 3.63) is 38.3 Å². The molecule has 0 saturated heterocycles. The Morgan fingerprint density at radius 3 is 2.65 bits per heavy atom. The smallest absolute Gasteiger partial charge is 0.279 e. The molecule has 0 amide bonds. The summed E-state index contributed by atoms with van der Waals surface area (Å²) in [6.07, 6.45) is 0. The molecule has 0 aliphatic carbocycles. The molecule has 8 nitrogen and oxygen atoms in total. The van der Waals surface area contributed by atoms with E-state index in [1.165, 1.54) is 12.1 Å². The highest BCUT2D eigenvalue weighted by molar-refractivity contribution is 9.10. The number of nitriles is 1. The Hall–Kier alpha value is -2.73. The Labute approximate surface area is 121 Å². The lowest BCUT2D eigenvalue weighted by atomic mass is 10.1. The fraction of sp³-hybridized carbons (Fsp3) is 0. The van der Waals surface area contributed by atoms with Crippen LogP contribution in [0.25, 0.3) is 11.3 Å². The quantitative estimate of drug-likeness (QED) is 0.629. The van der Waals surface area contributed by atoms with Gasteiger partial charge in [0.05, 0.1) is 10.5 Å². The minimum Gasteiger partial charge on any atom is -0.382 e. The first-order valence-corrected chi connectivity index (χ1v) is 6.00. The maximum atomic E-state index is 11.1. The van der Waals surface area contributed by atoms with Crippen molar-refractivity contribution in [3.8, 4) is 17.3 Å². The first kappa shape index (κ1) is 13.7. The molecule has 0 saturated carbocycles. The summed E-state index contributed by atoms with van der Waals surface area (Å²) in [5.74, 6) is -0.277. The summed E-state index contributed by atoms with van der Waals surface area (Å²) in [5.41, 5.74) is 11.0. The standard InChI is InChI=1S/C11H7BrN6O2/c12-5-1-2-6(8(3-5)18(19)20)9-7(4-13)10(14)17-11(15)16-9/h1-3H,(H4,14,15,16,17). The van der Waals surface area contributed by atoms with Gasteiger partial charge in [-0.15, -0.1) is 0 Å². The SMILES string of the molecule is N#Cc1c(N)nc(N)nc1-c1ccc(Br)cc1[N+](=O)[O-]. The van der Waals surface area contributed by atoms with Crippen molar-refractivity contribution in [3.63, 3.8) is 0 Å². The number of rotatable bonds is 2. The van der Waals surface area contributed by atoms with Gasteiger partial charge in [0, 0.05) is 10.5 Å². The van der Waals surface area contributed by atoms with Crippen LogP contribution in [0.5, 0.6) is 0 Å². The minimum atomic E-state index is -0.574. The van der Waals surface area contributed by atoms with Crippen LogP contribution in [0.3, 0.4) is 0 Å². The fourth-order valence-corrected chi connectivity index (χ4v) is 2.01. The van der Waals surface area contributed by atoms with Crippen LogP contribution in [0.15, 0.2) is 22.7 Å². The molecule has 0 radical (unpaired) electrons. The highest BCUT2D eigenvalue weighted by Gasteiger charge is 2.22. The third-order valence-electron chi connectivity index (χ3n) is 2.48. The molecule has 2 rings (SSSR count). The third kappa shape index (κ3) is 2.36. The number of nitro benzene ring substituents is 1. The lowest BCUT2D eigenvalue weighted by molar-refractivity contribution is -0.384. The first-order valence-electron chi connectivity index (χ1n) is 5.21. The summed E-state index contributed by atoms with van der Waals surface area (Å²) < 4.78 is 0.529. The zero-order valence-electron chi connectivity index (χ0n) is 9.87. The van der Waals surface area contributed by atoms with Crippen molar-refractivity contribution in [2.75, 3.05) is 11.5 Å². The number of anilines is 2. The van der Waals surface area contributed by atoms with Gasteiger partial charge in [-0.2, -0.15) is 10.2 Å². The predicted octanol–water partition coefficient (Wildman–Crippen LogP) is 1.85. The Balaban J connectivity index is 2.82. The van der Waals surface area contributed by atoms with Crippen molar-refractivity contribution >= 4 is 33.4 Å². The van der Waals surface area contributed by atoms with E-state index in [-0.39, 0.29) is 34.3 Å². The molecule has 1 aromatic carbocycles. The number of halogens is 1. The molecule has 1 aromatic heterocycles. The maximum absolute atomic E-state index is 11.1. The first-order chi connectivity index (χ1) is 9.43. The zero-order valence-corrected chi connectivity index (χ0v) is 11.5. The van der Waals surface area contributed by atoms with E-state index in [9.17, 15) is 10.1 Å². The largest absolute Gasteiger partial charge is 0.382 e. The number of nitrogens with zero attached hydrogens (tertiary/aromatic N) is 4. The van der Waals surface area contributed by atoms with Crippen LogP contribution in [-0.4, -0.2) is 14.9 Å². The molecule has 0 aliphatic rings. The molecular weight excluding hydrogens is 328 g/mol. The highest BCUT2D eigenvalue weighted by Crippen LogP contribution is 2.34. The van der Waals surface area contributed by atoms with Crippen LogP contribution in [-0.2, 0) is 0 Å². The Bertz CT molecular complexity index is 755. The van der Waals surface area contributed by atoms with Crippen molar-refractivity contribution in [2.45, 2.75) is 0 Å². The van der Waals surface area contributed by atoms with Crippen molar-refractivity contribution < 1.29 is 4.92 Å². The van der Waals surface area contributed by atoms with Gasteiger partial charge in [-0.25, -0.2) is 4.98 Å². The number of nitro groups is 1. The zero-order chi connectivity index (χ0) is 14.9. The Morgan fingerprint density at radius 1 is 1.35 bits per heavy atom. The minimum absolute atomic E-state index is 0.0386. The molecule has 0 fully saturated rings. The van der Waals surface area contributed by atoms with Crippen molar-refractivity contribution in [1.82, 2.24) is 9.97 Å². The van der Waals surface area contributed by atoms with E-state index in [4.69, 9.17) is 16.7 Å². The number of benzene rings is 1. The second-order valence-corrected chi connectivity index (χ2v) is 4.64. The van der Waals surface area contributed by atoms with E-state index in [1.54, 1.807) is 6.07 Å². The molecule has 4 N–H and O–H groups in total. The molecule has 0 spiro atoms. The summed E-state index contributed by atoms with van der Waals surface area (Å²) >= 11 is 3.15. The van der Waals surface area contributed by atoms with E-state index in [0.29, 0.717) is 4.47 Å². The molecule has 0 bridgehead atoms. The van der Waals surface area contributed by atoms with Gasteiger partial charge in [0.15, 0.2) is 0 Å².